The molecule has 0 aliphatic rings. The summed E-state index contributed by atoms with van der Waals surface area (Å²) in [7, 11) is 0. The summed E-state index contributed by atoms with van der Waals surface area (Å²) in [6.45, 7) is 1.97. The van der Waals surface area contributed by atoms with Gasteiger partial charge in [-0.2, -0.15) is 0 Å². The van der Waals surface area contributed by atoms with Gasteiger partial charge in [-0.1, -0.05) is 35.3 Å². The first kappa shape index (κ1) is 13.3. The summed E-state index contributed by atoms with van der Waals surface area (Å²) in [5.41, 5.74) is 1.96. The molecule has 92 valence electrons. The molecular formula is C14H10Cl2OS. The highest BCUT2D eigenvalue weighted by Gasteiger charge is 2.04. The van der Waals surface area contributed by atoms with Gasteiger partial charge in [0.15, 0.2) is 5.78 Å². The fourth-order valence-electron chi connectivity index (χ4n) is 1.43. The van der Waals surface area contributed by atoms with Gasteiger partial charge in [0, 0.05) is 0 Å². The van der Waals surface area contributed by atoms with Crippen LogP contribution in [0.15, 0.2) is 35.7 Å². The van der Waals surface area contributed by atoms with Crippen LogP contribution >= 0.6 is 34.5 Å². The van der Waals surface area contributed by atoms with Crippen LogP contribution < -0.4 is 0 Å². The second-order valence-corrected chi connectivity index (χ2v) is 5.59. The van der Waals surface area contributed by atoms with Gasteiger partial charge in [0.25, 0.3) is 0 Å². The van der Waals surface area contributed by atoms with Gasteiger partial charge < -0.3 is 0 Å². The smallest absolute Gasteiger partial charge is 0.195 e. The second-order valence-electron chi connectivity index (χ2n) is 3.86. The number of thiophene rings is 1. The van der Waals surface area contributed by atoms with Crippen molar-refractivity contribution in [2.45, 2.75) is 6.92 Å². The number of aryl methyl sites for hydroxylation is 1. The van der Waals surface area contributed by atoms with Crippen molar-refractivity contribution in [3.63, 3.8) is 0 Å². The standard InChI is InChI=1S/C14H10Cl2OS/c1-9-6-14(18-8-9)13(17)5-3-10-2-4-11(15)12(16)7-10/h2-8H,1H3/b5-3+. The van der Waals surface area contributed by atoms with Gasteiger partial charge in [-0.25, -0.2) is 0 Å². The summed E-state index contributed by atoms with van der Waals surface area (Å²) in [6, 6.07) is 7.14. The Morgan fingerprint density at radius 1 is 1.22 bits per heavy atom. The van der Waals surface area contributed by atoms with Crippen LogP contribution in [0.1, 0.15) is 20.8 Å². The molecule has 0 bridgehead atoms. The summed E-state index contributed by atoms with van der Waals surface area (Å²) in [6.07, 6.45) is 3.28. The number of hydrogen-bond donors (Lipinski definition) is 0. The largest absolute Gasteiger partial charge is 0.288 e. The average molecular weight is 297 g/mol. The first-order valence-electron chi connectivity index (χ1n) is 5.29. The second kappa shape index (κ2) is 5.70. The number of ketones is 1. The summed E-state index contributed by atoms with van der Waals surface area (Å²) in [5.74, 6) is -0.000766. The van der Waals surface area contributed by atoms with Gasteiger partial charge in [0.05, 0.1) is 14.9 Å². The van der Waals surface area contributed by atoms with E-state index in [0.29, 0.717) is 10.0 Å². The third-order valence-electron chi connectivity index (χ3n) is 2.34. The van der Waals surface area contributed by atoms with Crippen molar-refractivity contribution >= 4 is 46.4 Å². The SMILES string of the molecule is Cc1csc(C(=O)/C=C/c2ccc(Cl)c(Cl)c2)c1. The molecule has 0 N–H and O–H groups in total. The van der Waals surface area contributed by atoms with E-state index in [0.717, 1.165) is 16.0 Å². The number of allylic oxidation sites excluding steroid dienone is 1. The van der Waals surface area contributed by atoms with Gasteiger partial charge in [-0.05, 0) is 47.7 Å². The van der Waals surface area contributed by atoms with Crippen molar-refractivity contribution < 1.29 is 4.79 Å². The quantitative estimate of drug-likeness (QED) is 0.558. The lowest BCUT2D eigenvalue weighted by Gasteiger charge is -1.97. The molecule has 0 fully saturated rings. The van der Waals surface area contributed by atoms with Crippen molar-refractivity contribution in [3.05, 3.63) is 61.8 Å². The fourth-order valence-corrected chi connectivity index (χ4v) is 2.56. The number of benzene rings is 1. The Morgan fingerprint density at radius 2 is 2.00 bits per heavy atom. The molecule has 1 aromatic carbocycles. The average Bonchev–Trinajstić information content (AvgIpc) is 2.77. The highest BCUT2D eigenvalue weighted by molar-refractivity contribution is 7.12. The van der Waals surface area contributed by atoms with Crippen LogP contribution in [0.2, 0.25) is 10.0 Å². The zero-order valence-corrected chi connectivity index (χ0v) is 11.9. The molecule has 1 nitrogen and oxygen atoms in total. The van der Waals surface area contributed by atoms with Crippen LogP contribution in [-0.4, -0.2) is 5.78 Å². The molecule has 0 spiro atoms. The first-order valence-corrected chi connectivity index (χ1v) is 6.92. The zero-order chi connectivity index (χ0) is 13.1. The van der Waals surface area contributed by atoms with Gasteiger partial charge in [-0.15, -0.1) is 11.3 Å². The molecular weight excluding hydrogens is 287 g/mol. The zero-order valence-electron chi connectivity index (χ0n) is 9.61. The summed E-state index contributed by atoms with van der Waals surface area (Å²) in [4.78, 5) is 12.6. The summed E-state index contributed by atoms with van der Waals surface area (Å²) in [5, 5.41) is 2.95. The van der Waals surface area contributed by atoms with E-state index in [4.69, 9.17) is 23.2 Å². The van der Waals surface area contributed by atoms with Crippen LogP contribution in [0.3, 0.4) is 0 Å². The third-order valence-corrected chi connectivity index (χ3v) is 4.15. The number of carbonyl (C=O) groups is 1. The Labute approximate surface area is 120 Å². The monoisotopic (exact) mass is 296 g/mol. The molecule has 0 saturated heterocycles. The van der Waals surface area contributed by atoms with Gasteiger partial charge in [0.2, 0.25) is 0 Å². The lowest BCUT2D eigenvalue weighted by Crippen LogP contribution is -1.88. The maximum Gasteiger partial charge on any atom is 0.195 e. The molecule has 0 amide bonds. The molecule has 1 heterocycles. The molecule has 0 saturated carbocycles. The molecule has 0 radical (unpaired) electrons. The molecule has 2 rings (SSSR count). The molecule has 2 aromatic rings. The van der Waals surface area contributed by atoms with Gasteiger partial charge in [-0.3, -0.25) is 4.79 Å². The van der Waals surface area contributed by atoms with Gasteiger partial charge in [0.1, 0.15) is 0 Å². The predicted octanol–water partition coefficient (Wildman–Crippen LogP) is 5.26. The Balaban J connectivity index is 2.15. The minimum Gasteiger partial charge on any atom is -0.288 e. The topological polar surface area (TPSA) is 17.1 Å². The molecule has 0 atom stereocenters. The molecule has 0 unspecified atom stereocenters. The van der Waals surface area contributed by atoms with Crippen LogP contribution in [0, 0.1) is 6.92 Å². The highest BCUT2D eigenvalue weighted by Crippen LogP contribution is 2.23. The highest BCUT2D eigenvalue weighted by atomic mass is 35.5. The van der Waals surface area contributed by atoms with E-state index in [1.54, 1.807) is 24.3 Å². The van der Waals surface area contributed by atoms with E-state index in [9.17, 15) is 4.79 Å². The third kappa shape index (κ3) is 3.22. The molecule has 0 aliphatic heterocycles. The van der Waals surface area contributed by atoms with Crippen molar-refractivity contribution in [2.24, 2.45) is 0 Å². The Kier molecular flexibility index (Phi) is 4.23. The lowest BCUT2D eigenvalue weighted by atomic mass is 10.2. The van der Waals surface area contributed by atoms with E-state index in [-0.39, 0.29) is 5.78 Å². The van der Waals surface area contributed by atoms with E-state index in [2.05, 4.69) is 0 Å². The summed E-state index contributed by atoms with van der Waals surface area (Å²) >= 11 is 13.2. The van der Waals surface area contributed by atoms with Crippen LogP contribution in [-0.2, 0) is 0 Å². The number of hydrogen-bond acceptors (Lipinski definition) is 2. The number of rotatable bonds is 3. The van der Waals surface area contributed by atoms with E-state index >= 15 is 0 Å². The maximum atomic E-state index is 11.8. The number of halogens is 2. The predicted molar refractivity (Wildman–Crippen MR) is 78.9 cm³/mol. The first-order chi connectivity index (χ1) is 8.56. The van der Waals surface area contributed by atoms with Crippen molar-refractivity contribution in [3.8, 4) is 0 Å². The van der Waals surface area contributed by atoms with Crippen molar-refractivity contribution in [1.82, 2.24) is 0 Å². The molecule has 18 heavy (non-hydrogen) atoms. The molecule has 1 aromatic heterocycles. The van der Waals surface area contributed by atoms with Gasteiger partial charge >= 0.3 is 0 Å². The normalized spacial score (nSPS) is 11.1. The molecule has 4 heteroatoms. The Bertz CT molecular complexity index is 614. The summed E-state index contributed by atoms with van der Waals surface area (Å²) < 4.78 is 0. The van der Waals surface area contributed by atoms with Crippen LogP contribution in [0.4, 0.5) is 0 Å². The lowest BCUT2D eigenvalue weighted by molar-refractivity contribution is 0.105. The van der Waals surface area contributed by atoms with Crippen molar-refractivity contribution in [1.29, 1.82) is 0 Å². The van der Waals surface area contributed by atoms with E-state index < -0.39 is 0 Å². The minimum absolute atomic E-state index is 0.000766. The van der Waals surface area contributed by atoms with Crippen molar-refractivity contribution in [2.75, 3.05) is 0 Å². The molecule has 0 aliphatic carbocycles. The maximum absolute atomic E-state index is 11.8. The number of carbonyl (C=O) groups excluding carboxylic acids is 1. The van der Waals surface area contributed by atoms with E-state index in [1.807, 2.05) is 24.4 Å². The van der Waals surface area contributed by atoms with Crippen LogP contribution in [0.25, 0.3) is 6.08 Å². The Morgan fingerprint density at radius 3 is 2.61 bits per heavy atom. The Hall–Kier alpha value is -1.09. The van der Waals surface area contributed by atoms with Crippen LogP contribution in [0.5, 0.6) is 0 Å². The van der Waals surface area contributed by atoms with E-state index in [1.165, 1.54) is 11.3 Å². The minimum atomic E-state index is -0.000766. The fraction of sp³-hybridized carbons (Fsp3) is 0.0714.